The standard InChI is InChI=1S/C16H35BrN/c1-4-7-13-18(14-8-5-2,15-9-6-3)16-11-10-12-17/h4-16H2,1-3H3/q+1. The number of hydrogen-bond donors (Lipinski definition) is 0. The van der Waals surface area contributed by atoms with Gasteiger partial charge in [0.25, 0.3) is 0 Å². The molecule has 0 aromatic heterocycles. The van der Waals surface area contributed by atoms with Gasteiger partial charge in [-0.05, 0) is 32.1 Å². The molecule has 2 heteroatoms. The molecule has 18 heavy (non-hydrogen) atoms. The highest BCUT2D eigenvalue weighted by molar-refractivity contribution is 9.09. The summed E-state index contributed by atoms with van der Waals surface area (Å²) in [6.45, 7) is 12.6. The highest BCUT2D eigenvalue weighted by Crippen LogP contribution is 2.16. The van der Waals surface area contributed by atoms with Crippen molar-refractivity contribution < 1.29 is 4.48 Å². The van der Waals surface area contributed by atoms with E-state index in [1.807, 2.05) is 0 Å². The van der Waals surface area contributed by atoms with E-state index >= 15 is 0 Å². The van der Waals surface area contributed by atoms with Crippen molar-refractivity contribution in [2.75, 3.05) is 31.5 Å². The Morgan fingerprint density at radius 3 is 1.33 bits per heavy atom. The SMILES string of the molecule is CCCC[N+](CCCC)(CCCC)CCCCBr. The molecular weight excluding hydrogens is 286 g/mol. The Labute approximate surface area is 124 Å². The first-order valence-electron chi connectivity index (χ1n) is 8.15. The topological polar surface area (TPSA) is 0 Å². The van der Waals surface area contributed by atoms with E-state index in [4.69, 9.17) is 0 Å². The van der Waals surface area contributed by atoms with Crippen LogP contribution < -0.4 is 0 Å². The molecule has 0 saturated carbocycles. The first-order chi connectivity index (χ1) is 8.74. The van der Waals surface area contributed by atoms with Crippen LogP contribution in [0.25, 0.3) is 0 Å². The number of unbranched alkanes of at least 4 members (excludes halogenated alkanes) is 4. The van der Waals surface area contributed by atoms with Crippen LogP contribution in [0.5, 0.6) is 0 Å². The summed E-state index contributed by atoms with van der Waals surface area (Å²) in [7, 11) is 0. The van der Waals surface area contributed by atoms with Crippen LogP contribution in [0.4, 0.5) is 0 Å². The van der Waals surface area contributed by atoms with Crippen LogP contribution in [0.1, 0.15) is 72.1 Å². The maximum Gasteiger partial charge on any atom is 0.0786 e. The number of quaternary nitrogens is 1. The van der Waals surface area contributed by atoms with Crippen molar-refractivity contribution in [3.05, 3.63) is 0 Å². The molecule has 0 fully saturated rings. The van der Waals surface area contributed by atoms with Crippen molar-refractivity contribution in [3.8, 4) is 0 Å². The van der Waals surface area contributed by atoms with Crippen molar-refractivity contribution in [2.24, 2.45) is 0 Å². The Morgan fingerprint density at radius 1 is 0.611 bits per heavy atom. The van der Waals surface area contributed by atoms with Crippen molar-refractivity contribution >= 4 is 15.9 Å². The van der Waals surface area contributed by atoms with Gasteiger partial charge in [0.2, 0.25) is 0 Å². The fraction of sp³-hybridized carbons (Fsp3) is 1.00. The molecule has 0 amide bonds. The lowest BCUT2D eigenvalue weighted by atomic mass is 10.1. The second-order valence-corrected chi connectivity index (χ2v) is 6.49. The van der Waals surface area contributed by atoms with E-state index in [2.05, 4.69) is 36.7 Å². The van der Waals surface area contributed by atoms with E-state index < -0.39 is 0 Å². The predicted molar refractivity (Wildman–Crippen MR) is 87.5 cm³/mol. The summed E-state index contributed by atoms with van der Waals surface area (Å²) >= 11 is 3.57. The van der Waals surface area contributed by atoms with Gasteiger partial charge in [0.15, 0.2) is 0 Å². The molecule has 0 aliphatic carbocycles. The second-order valence-electron chi connectivity index (χ2n) is 5.69. The summed E-state index contributed by atoms with van der Waals surface area (Å²) in [5.74, 6) is 0. The Bertz CT molecular complexity index is 149. The number of nitrogens with zero attached hydrogens (tertiary/aromatic N) is 1. The number of hydrogen-bond acceptors (Lipinski definition) is 0. The molecule has 0 spiro atoms. The Morgan fingerprint density at radius 2 is 1.00 bits per heavy atom. The molecule has 1 nitrogen and oxygen atoms in total. The van der Waals surface area contributed by atoms with Gasteiger partial charge in [-0.1, -0.05) is 56.0 Å². The summed E-state index contributed by atoms with van der Waals surface area (Å²) < 4.78 is 1.41. The van der Waals surface area contributed by atoms with E-state index in [-0.39, 0.29) is 0 Å². The number of rotatable bonds is 13. The molecular formula is C16H35BrN+. The minimum absolute atomic E-state index is 1.17. The van der Waals surface area contributed by atoms with Crippen molar-refractivity contribution in [3.63, 3.8) is 0 Å². The number of alkyl halides is 1. The van der Waals surface area contributed by atoms with Crippen LogP contribution >= 0.6 is 15.9 Å². The zero-order valence-electron chi connectivity index (χ0n) is 13.0. The molecule has 0 atom stereocenters. The largest absolute Gasteiger partial charge is 0.324 e. The van der Waals surface area contributed by atoms with Crippen molar-refractivity contribution in [2.45, 2.75) is 72.1 Å². The molecule has 0 rings (SSSR count). The molecule has 0 N–H and O–H groups in total. The van der Waals surface area contributed by atoms with Gasteiger partial charge in [0.1, 0.15) is 0 Å². The molecule has 0 aliphatic rings. The normalized spacial score (nSPS) is 12.0. The molecule has 0 heterocycles. The lowest BCUT2D eigenvalue weighted by Gasteiger charge is -2.39. The third-order valence-corrected chi connectivity index (χ3v) is 4.53. The van der Waals surface area contributed by atoms with Gasteiger partial charge in [0.05, 0.1) is 26.2 Å². The molecule has 0 bridgehead atoms. The fourth-order valence-electron chi connectivity index (χ4n) is 2.69. The summed E-state index contributed by atoms with van der Waals surface area (Å²) in [5.41, 5.74) is 0. The van der Waals surface area contributed by atoms with E-state index in [1.54, 1.807) is 0 Å². The molecule has 0 aromatic carbocycles. The molecule has 0 radical (unpaired) electrons. The van der Waals surface area contributed by atoms with Gasteiger partial charge in [-0.15, -0.1) is 0 Å². The highest BCUT2D eigenvalue weighted by Gasteiger charge is 2.24. The number of halogens is 1. The third kappa shape index (κ3) is 8.53. The third-order valence-electron chi connectivity index (χ3n) is 3.97. The van der Waals surface area contributed by atoms with Crippen LogP contribution in [0, 0.1) is 0 Å². The summed E-state index contributed by atoms with van der Waals surface area (Å²) in [4.78, 5) is 0. The van der Waals surface area contributed by atoms with E-state index in [0.717, 1.165) is 0 Å². The zero-order chi connectivity index (χ0) is 13.7. The van der Waals surface area contributed by atoms with Gasteiger partial charge >= 0.3 is 0 Å². The molecule has 0 unspecified atom stereocenters. The highest BCUT2D eigenvalue weighted by atomic mass is 79.9. The van der Waals surface area contributed by atoms with Crippen LogP contribution in [-0.2, 0) is 0 Å². The first kappa shape index (κ1) is 18.4. The zero-order valence-corrected chi connectivity index (χ0v) is 14.6. The molecule has 0 aromatic rings. The summed E-state index contributed by atoms with van der Waals surface area (Å²) in [5, 5.41) is 1.17. The van der Waals surface area contributed by atoms with Crippen LogP contribution in [0.15, 0.2) is 0 Å². The van der Waals surface area contributed by atoms with Crippen molar-refractivity contribution in [1.82, 2.24) is 0 Å². The minimum Gasteiger partial charge on any atom is -0.324 e. The lowest BCUT2D eigenvalue weighted by molar-refractivity contribution is -0.929. The van der Waals surface area contributed by atoms with Gasteiger partial charge < -0.3 is 4.48 Å². The smallest absolute Gasteiger partial charge is 0.0786 e. The Kier molecular flexibility index (Phi) is 12.8. The minimum atomic E-state index is 1.17. The maximum atomic E-state index is 3.57. The fourth-order valence-corrected chi connectivity index (χ4v) is 3.09. The van der Waals surface area contributed by atoms with Gasteiger partial charge in [-0.3, -0.25) is 0 Å². The molecule has 0 saturated heterocycles. The second kappa shape index (κ2) is 12.5. The van der Waals surface area contributed by atoms with E-state index in [0.29, 0.717) is 0 Å². The molecule has 110 valence electrons. The van der Waals surface area contributed by atoms with Gasteiger partial charge in [-0.2, -0.15) is 0 Å². The maximum absolute atomic E-state index is 3.57. The average Bonchev–Trinajstić information content (AvgIpc) is 2.40. The first-order valence-corrected chi connectivity index (χ1v) is 9.27. The lowest BCUT2D eigenvalue weighted by Crippen LogP contribution is -2.50. The van der Waals surface area contributed by atoms with Crippen LogP contribution in [0.3, 0.4) is 0 Å². The van der Waals surface area contributed by atoms with Gasteiger partial charge in [-0.25, -0.2) is 0 Å². The summed E-state index contributed by atoms with van der Waals surface area (Å²) in [6, 6.07) is 0. The van der Waals surface area contributed by atoms with Crippen LogP contribution in [-0.4, -0.2) is 36.0 Å². The molecule has 0 aliphatic heterocycles. The van der Waals surface area contributed by atoms with Crippen molar-refractivity contribution in [1.29, 1.82) is 0 Å². The van der Waals surface area contributed by atoms with Crippen LogP contribution in [0.2, 0.25) is 0 Å². The Hall–Kier alpha value is 0.440. The monoisotopic (exact) mass is 320 g/mol. The average molecular weight is 321 g/mol. The van der Waals surface area contributed by atoms with Gasteiger partial charge in [0, 0.05) is 5.33 Å². The van der Waals surface area contributed by atoms with E-state index in [1.165, 1.54) is 87.4 Å². The Balaban J connectivity index is 4.41. The van der Waals surface area contributed by atoms with E-state index in [9.17, 15) is 0 Å². The summed E-state index contributed by atoms with van der Waals surface area (Å²) in [6.07, 6.45) is 11.0. The quantitative estimate of drug-likeness (QED) is 0.243. The predicted octanol–water partition coefficient (Wildman–Crippen LogP) is 5.38.